The third-order valence-electron chi connectivity index (χ3n) is 28.6. The zero-order chi connectivity index (χ0) is 103. The van der Waals surface area contributed by atoms with Crippen molar-refractivity contribution in [3.63, 3.8) is 0 Å². The number of aliphatic hydroxyl groups is 3. The van der Waals surface area contributed by atoms with Gasteiger partial charge in [-0.3, -0.25) is 38.4 Å². The molecule has 14 heterocycles. The van der Waals surface area contributed by atoms with Gasteiger partial charge >= 0.3 is 0 Å². The van der Waals surface area contributed by atoms with Crippen molar-refractivity contribution in [2.75, 3.05) is 78.6 Å². The zero-order valence-electron chi connectivity index (χ0n) is 84.7. The van der Waals surface area contributed by atoms with E-state index in [1.54, 1.807) is 78.2 Å². The molecule has 8 aromatic rings. The number of piperidine rings is 1. The quantitative estimate of drug-likeness (QED) is 0.0207. The number of amides is 8. The lowest BCUT2D eigenvalue weighted by atomic mass is 9.95. The molecular formula is C103H138FN21O13S5. The summed E-state index contributed by atoms with van der Waals surface area (Å²) in [6, 6.07) is 9.72. The summed E-state index contributed by atoms with van der Waals surface area (Å²) in [5, 5.41) is 65.5. The van der Waals surface area contributed by atoms with E-state index in [4.69, 9.17) is 0 Å². The molecule has 2 bridgehead atoms. The van der Waals surface area contributed by atoms with Crippen molar-refractivity contribution >= 4 is 126 Å². The summed E-state index contributed by atoms with van der Waals surface area (Å²) in [6.45, 7) is 30.2. The van der Waals surface area contributed by atoms with E-state index in [1.165, 1.54) is 67.6 Å². The number of carbonyl (C=O) groups excluding carboxylic acids is 8. The molecule has 34 nitrogen and oxygen atoms in total. The summed E-state index contributed by atoms with van der Waals surface area (Å²) >= 11 is 4.61. The van der Waals surface area contributed by atoms with Gasteiger partial charge in [0.2, 0.25) is 0 Å². The van der Waals surface area contributed by atoms with Gasteiger partial charge in [-0.1, -0.05) is 32.1 Å². The number of thiazole rings is 4. The maximum Gasteiger partial charge on any atom is 0.280 e. The van der Waals surface area contributed by atoms with Crippen LogP contribution < -0.4 is 42.5 Å². The number of rotatable bonds is 29. The Morgan fingerprint density at radius 3 is 1.29 bits per heavy atom. The Labute approximate surface area is 852 Å². The number of anilines is 4. The van der Waals surface area contributed by atoms with Crippen molar-refractivity contribution in [2.45, 2.75) is 328 Å². The fourth-order valence-corrected chi connectivity index (χ4v) is 25.4. The van der Waals surface area contributed by atoms with E-state index in [0.29, 0.717) is 90.4 Å². The van der Waals surface area contributed by atoms with Gasteiger partial charge in [-0.05, 0) is 272 Å². The molecule has 8 aromatic heterocycles. The number of alkyl halides is 1. The Hall–Kier alpha value is -10.7. The molecule has 6 aliphatic heterocycles. The van der Waals surface area contributed by atoms with Crippen LogP contribution in [0.15, 0.2) is 43.0 Å². The first-order chi connectivity index (χ1) is 67.7. The largest absolute Gasteiger partial charge is 0.389 e. The fourth-order valence-electron chi connectivity index (χ4n) is 19.9. The molecule has 0 unspecified atom stereocenters. The monoisotopic (exact) mass is 2060 g/mol. The van der Waals surface area contributed by atoms with Gasteiger partial charge in [-0.2, -0.15) is 5.26 Å². The Bertz CT molecular complexity index is 6170. The van der Waals surface area contributed by atoms with E-state index in [2.05, 4.69) is 109 Å². The zero-order valence-corrected chi connectivity index (χ0v) is 88.8. The molecule has 0 radical (unpaired) electrons. The summed E-state index contributed by atoms with van der Waals surface area (Å²) in [5.41, 5.74) is 4.64. The van der Waals surface area contributed by atoms with E-state index >= 15 is 0 Å². The van der Waals surface area contributed by atoms with Crippen LogP contribution in [0, 0.1) is 50.9 Å². The van der Waals surface area contributed by atoms with Gasteiger partial charge < -0.3 is 77.5 Å². The summed E-state index contributed by atoms with van der Waals surface area (Å²) in [4.78, 5) is 152. The predicted molar refractivity (Wildman–Crippen MR) is 555 cm³/mol. The van der Waals surface area contributed by atoms with E-state index in [1.807, 2.05) is 67.5 Å². The second-order valence-electron chi connectivity index (χ2n) is 42.9. The highest BCUT2D eigenvalue weighted by molar-refractivity contribution is 7.92. The van der Waals surface area contributed by atoms with Crippen LogP contribution in [0.3, 0.4) is 0 Å². The molecule has 0 spiro atoms. The molecule has 18 rings (SSSR count). The molecule has 8 amide bonds. The van der Waals surface area contributed by atoms with Crippen LogP contribution in [0.25, 0.3) is 41.8 Å². The Morgan fingerprint density at radius 1 is 0.476 bits per heavy atom. The minimum Gasteiger partial charge on any atom is -0.389 e. The van der Waals surface area contributed by atoms with Gasteiger partial charge in [0.25, 0.3) is 47.3 Å². The molecular weight excluding hydrogens is 1920 g/mol. The topological polar surface area (TPSA) is 467 Å². The summed E-state index contributed by atoms with van der Waals surface area (Å²) in [6.07, 6.45) is 29.7. The highest BCUT2D eigenvalue weighted by atomic mass is 32.2. The van der Waals surface area contributed by atoms with E-state index in [0.717, 1.165) is 163 Å². The Morgan fingerprint density at radius 2 is 0.874 bits per heavy atom. The van der Waals surface area contributed by atoms with E-state index < -0.39 is 56.6 Å². The number of pyridine rings is 4. The van der Waals surface area contributed by atoms with Crippen LogP contribution >= 0.6 is 45.3 Å². The van der Waals surface area contributed by atoms with Gasteiger partial charge in [0.05, 0.1) is 59.4 Å². The summed E-state index contributed by atoms with van der Waals surface area (Å²) in [7, 11) is -3.06. The summed E-state index contributed by atoms with van der Waals surface area (Å²) in [5.74, 6) is 1.64. The molecule has 10 fully saturated rings. The average Bonchev–Trinajstić information content (AvgIpc) is 1.60. The Balaban J connectivity index is 0.000000144. The van der Waals surface area contributed by atoms with Gasteiger partial charge in [0.15, 0.2) is 29.9 Å². The molecule has 40 heteroatoms. The number of aryl methyl sites for hydroxylation is 3. The van der Waals surface area contributed by atoms with Crippen LogP contribution in [0.4, 0.5) is 27.7 Å². The predicted octanol–water partition coefficient (Wildman–Crippen LogP) is 15.5. The highest BCUT2D eigenvalue weighted by Crippen LogP contribution is 2.46. The number of likely N-dealkylation sites (tertiary alicyclic amines) is 3. The second kappa shape index (κ2) is 44.7. The minimum absolute atomic E-state index is 0.00867. The molecule has 3 atom stereocenters. The minimum atomic E-state index is -3.06. The van der Waals surface area contributed by atoms with Crippen molar-refractivity contribution in [1.29, 1.82) is 5.26 Å². The number of nitrogens with one attached hydrogen (secondary N) is 8. The van der Waals surface area contributed by atoms with E-state index in [9.17, 15) is 71.7 Å². The number of halogens is 1. The lowest BCUT2D eigenvalue weighted by Crippen LogP contribution is -2.52. The third-order valence-corrected chi connectivity index (χ3v) is 34.8. The van der Waals surface area contributed by atoms with E-state index in [-0.39, 0.29) is 154 Å². The molecule has 4 saturated carbocycles. The van der Waals surface area contributed by atoms with Crippen LogP contribution in [-0.2, 0) is 9.84 Å². The van der Waals surface area contributed by atoms with Gasteiger partial charge in [0, 0.05) is 141 Å². The first-order valence-corrected chi connectivity index (χ1v) is 55.7. The second-order valence-corrected chi connectivity index (χ2v) is 49.1. The SMILES string of the molecule is Cc1c(-c2sc(C(=O)NCC(C)(C)O)nc2C(=O)N2CCC(F)CC2)cnc(NC2CCCCC2)c1C#N.Cc1cc(NC(C)(C)C2CC2)ncc1-c1sc(C(=O)NCC(C)(C)O)nc1C(=O)N1CCC[C@@H]1C.Cc1cc(NC2CCCC2)ncc1-c1sc(C(=O)NC2CS(=O)(=O)C2)nc1C(=O)N1CCC[C@@H]1C.Cc1cc(N[C@@H](C)C2CC2)ncc1-c1sc(C(=O)NCC(C)(C)O)nc1C(=O)N1C2CCC1CC2. The number of aromatic nitrogens is 8. The third kappa shape index (κ3) is 26.6. The lowest BCUT2D eigenvalue weighted by Gasteiger charge is -2.28. The summed E-state index contributed by atoms with van der Waals surface area (Å²) < 4.78 is 36.7. The molecule has 143 heavy (non-hydrogen) atoms. The number of fused-ring (bicyclic) bond motifs is 2. The fraction of sp³-hybridized carbons (Fsp3) is 0.602. The number of nitrogens with zero attached hydrogens (tertiary/aromatic N) is 13. The van der Waals surface area contributed by atoms with Crippen molar-refractivity contribution < 1.29 is 66.5 Å². The standard InChI is InChI=1S/C27H35FN6O3S.C26H35N5O3S.C26H37N5O3S.C24H31N5O4S2/c1-16-19(13-29)23(32-18-7-5-4-6-8-18)30-14-20(16)22-21(26(36)34-11-9-17(28)10-12-34)33-25(38-22)24(35)31-15-27(2,3)37;1-14-11-20(29-15(2)16-5-6-16)27-12-19(14)22-21(25(33)31-17-7-8-18(31)10-9-17)30-24(35-22)23(32)28-13-26(3,4)34;1-15-12-19(30-26(5,6)17-9-10-17)27-13-18(15)21-20(24(33)31-11-7-8-16(31)2)29-23(35-21)22(32)28-14-25(3,4)34;1-14-10-19(26-16-7-3-4-8-16)25-11-18(14)21-20(24(31)29-9-5-6-15(29)2)28-23(34-21)22(30)27-17-12-35(32,33)13-17/h14,17-18,37H,4-12,15H2,1-3H3,(H,30,32)(H,31,35);11-12,15-18,34H,5-10,13H2,1-4H3,(H,27,29)(H,28,32);12-13,16-17,34H,7-11,14H2,1-6H3,(H,27,30)(H,28,32);10-11,15-17H,3-9,12-13H2,1-2H3,(H,25,26)(H,27,30)/t;15-,17?,18?;16-;15-/m.000/s1. The maximum atomic E-state index is 13.7. The Kier molecular flexibility index (Phi) is 33.3. The molecule has 6 saturated heterocycles. The van der Waals surface area contributed by atoms with Crippen molar-refractivity contribution in [2.24, 2.45) is 11.8 Å². The van der Waals surface area contributed by atoms with Crippen LogP contribution in [-0.4, -0.2) is 265 Å². The van der Waals surface area contributed by atoms with Crippen molar-refractivity contribution in [3.05, 3.63) is 114 Å². The van der Waals surface area contributed by atoms with Gasteiger partial charge in [-0.15, -0.1) is 45.3 Å². The number of nitriles is 1. The van der Waals surface area contributed by atoms with Crippen molar-refractivity contribution in [1.82, 2.24) is 80.7 Å². The maximum absolute atomic E-state index is 13.7. The number of sulfone groups is 1. The number of hydrogen-bond donors (Lipinski definition) is 11. The first-order valence-electron chi connectivity index (χ1n) is 50.6. The average molecular weight is 2060 g/mol. The molecule has 11 N–H and O–H groups in total. The van der Waals surface area contributed by atoms with Crippen LogP contribution in [0.5, 0.6) is 0 Å². The van der Waals surface area contributed by atoms with Crippen LogP contribution in [0.1, 0.15) is 333 Å². The number of hydrogen-bond acceptors (Lipinski definition) is 30. The molecule has 10 aliphatic rings. The van der Waals surface area contributed by atoms with Gasteiger partial charge in [-0.25, -0.2) is 52.7 Å². The smallest absolute Gasteiger partial charge is 0.280 e. The molecule has 770 valence electrons. The number of carbonyl (C=O) groups is 8. The normalized spacial score (nSPS) is 20.0. The first kappa shape index (κ1) is 107. The van der Waals surface area contributed by atoms with Crippen molar-refractivity contribution in [3.8, 4) is 47.8 Å². The lowest BCUT2D eigenvalue weighted by molar-refractivity contribution is 0.0658. The van der Waals surface area contributed by atoms with Gasteiger partial charge in [0.1, 0.15) is 58.3 Å². The highest BCUT2D eigenvalue weighted by Gasteiger charge is 2.46. The van der Waals surface area contributed by atoms with Crippen LogP contribution in [0.2, 0.25) is 0 Å². The molecule has 0 aromatic carbocycles. The molecule has 4 aliphatic carbocycles.